The minimum absolute atomic E-state index is 0.0165. The zero-order chi connectivity index (χ0) is 20.2. The zero-order valence-corrected chi connectivity index (χ0v) is 16.1. The van der Waals surface area contributed by atoms with Gasteiger partial charge in [-0.05, 0) is 29.7 Å². The molecule has 2 heterocycles. The maximum Gasteiger partial charge on any atom is 0.240 e. The fourth-order valence-electron chi connectivity index (χ4n) is 3.54. The molecule has 146 valence electrons. The lowest BCUT2D eigenvalue weighted by Gasteiger charge is -2.17. The molecule has 2 aliphatic heterocycles. The van der Waals surface area contributed by atoms with E-state index in [0.29, 0.717) is 19.4 Å². The zero-order valence-electron chi connectivity index (χ0n) is 16.1. The van der Waals surface area contributed by atoms with E-state index in [1.807, 2.05) is 55.5 Å². The van der Waals surface area contributed by atoms with Crippen molar-refractivity contribution in [1.82, 2.24) is 5.43 Å². The van der Waals surface area contributed by atoms with Gasteiger partial charge in [-0.25, -0.2) is 5.43 Å². The van der Waals surface area contributed by atoms with Gasteiger partial charge in [0.25, 0.3) is 0 Å². The molecule has 1 atom stereocenters. The van der Waals surface area contributed by atoms with Crippen LogP contribution in [-0.4, -0.2) is 36.5 Å². The molecule has 2 amide bonds. The van der Waals surface area contributed by atoms with Gasteiger partial charge in [-0.1, -0.05) is 42.5 Å². The Hall–Kier alpha value is -3.61. The van der Waals surface area contributed by atoms with Crippen molar-refractivity contribution >= 4 is 35.6 Å². The van der Waals surface area contributed by atoms with Crippen LogP contribution in [0.2, 0.25) is 0 Å². The van der Waals surface area contributed by atoms with E-state index in [0.717, 1.165) is 28.1 Å². The summed E-state index contributed by atoms with van der Waals surface area (Å²) in [6.45, 7) is 2.51. The van der Waals surface area contributed by atoms with Gasteiger partial charge in [0.15, 0.2) is 0 Å². The van der Waals surface area contributed by atoms with Crippen LogP contribution in [0.15, 0.2) is 63.8 Å². The minimum Gasteiger partial charge on any atom is -0.312 e. The number of amides is 2. The SMILES string of the molecule is CCN1C(=O)C(C=N/N=C/c2ccccc2)c2ccc(C3=NNC(=O)CC3)cc21. The quantitative estimate of drug-likeness (QED) is 0.632. The van der Waals surface area contributed by atoms with Crippen molar-refractivity contribution < 1.29 is 9.59 Å². The summed E-state index contributed by atoms with van der Waals surface area (Å²) in [5.74, 6) is -0.551. The van der Waals surface area contributed by atoms with Crippen molar-refractivity contribution in [2.24, 2.45) is 15.3 Å². The smallest absolute Gasteiger partial charge is 0.240 e. The number of likely N-dealkylation sites (N-methyl/N-ethyl adjacent to an activating group) is 1. The number of benzene rings is 2. The molecule has 7 heteroatoms. The predicted molar refractivity (Wildman–Crippen MR) is 114 cm³/mol. The number of rotatable bonds is 5. The molecule has 0 aromatic heterocycles. The van der Waals surface area contributed by atoms with Crippen LogP contribution in [0.4, 0.5) is 5.69 Å². The van der Waals surface area contributed by atoms with E-state index in [4.69, 9.17) is 0 Å². The van der Waals surface area contributed by atoms with Crippen LogP contribution >= 0.6 is 0 Å². The van der Waals surface area contributed by atoms with Gasteiger partial charge < -0.3 is 4.90 Å². The third-order valence-electron chi connectivity index (χ3n) is 5.03. The summed E-state index contributed by atoms with van der Waals surface area (Å²) in [4.78, 5) is 26.0. The van der Waals surface area contributed by atoms with E-state index in [-0.39, 0.29) is 11.8 Å². The Morgan fingerprint density at radius 3 is 2.69 bits per heavy atom. The molecule has 0 saturated carbocycles. The first kappa shape index (κ1) is 18.7. The minimum atomic E-state index is -0.458. The highest BCUT2D eigenvalue weighted by Crippen LogP contribution is 2.37. The third-order valence-corrected chi connectivity index (χ3v) is 5.03. The van der Waals surface area contributed by atoms with Gasteiger partial charge in [0.1, 0.15) is 5.92 Å². The number of hydrazone groups is 1. The molecule has 29 heavy (non-hydrogen) atoms. The molecule has 2 aromatic rings. The molecule has 1 N–H and O–H groups in total. The molecular formula is C22H21N5O2. The second kappa shape index (κ2) is 8.18. The van der Waals surface area contributed by atoms with Crippen LogP contribution in [0.1, 0.15) is 42.4 Å². The number of carbonyl (C=O) groups excluding carboxylic acids is 2. The summed E-state index contributed by atoms with van der Waals surface area (Å²) in [5, 5.41) is 12.3. The van der Waals surface area contributed by atoms with E-state index in [2.05, 4.69) is 20.7 Å². The van der Waals surface area contributed by atoms with Gasteiger partial charge >= 0.3 is 0 Å². The highest BCUT2D eigenvalue weighted by Gasteiger charge is 2.36. The number of fused-ring (bicyclic) bond motifs is 1. The van der Waals surface area contributed by atoms with Crippen LogP contribution in [0.3, 0.4) is 0 Å². The lowest BCUT2D eigenvalue weighted by Crippen LogP contribution is -2.29. The Bertz CT molecular complexity index is 1030. The van der Waals surface area contributed by atoms with E-state index in [1.165, 1.54) is 0 Å². The molecule has 0 saturated heterocycles. The molecule has 0 fully saturated rings. The second-order valence-electron chi connectivity index (χ2n) is 6.85. The Balaban J connectivity index is 1.58. The molecule has 4 rings (SSSR count). The third kappa shape index (κ3) is 3.85. The fraction of sp³-hybridized carbons (Fsp3) is 0.227. The predicted octanol–water partition coefficient (Wildman–Crippen LogP) is 2.86. The number of nitrogens with zero attached hydrogens (tertiary/aromatic N) is 4. The maximum absolute atomic E-state index is 12.9. The molecule has 1 unspecified atom stereocenters. The molecule has 2 aromatic carbocycles. The summed E-state index contributed by atoms with van der Waals surface area (Å²) in [5.41, 5.74) is 6.96. The topological polar surface area (TPSA) is 86.5 Å². The van der Waals surface area contributed by atoms with Crippen molar-refractivity contribution in [2.45, 2.75) is 25.7 Å². The van der Waals surface area contributed by atoms with Crippen LogP contribution < -0.4 is 10.3 Å². The maximum atomic E-state index is 12.9. The van der Waals surface area contributed by atoms with E-state index in [1.54, 1.807) is 17.3 Å². The van der Waals surface area contributed by atoms with Crippen LogP contribution in [0.5, 0.6) is 0 Å². The lowest BCUT2D eigenvalue weighted by atomic mass is 9.97. The Kier molecular flexibility index (Phi) is 5.29. The first-order chi connectivity index (χ1) is 14.2. The number of hydrogen-bond donors (Lipinski definition) is 1. The largest absolute Gasteiger partial charge is 0.312 e. The number of anilines is 1. The van der Waals surface area contributed by atoms with Gasteiger partial charge in [0, 0.05) is 31.3 Å². The first-order valence-electron chi connectivity index (χ1n) is 9.60. The highest BCUT2D eigenvalue weighted by atomic mass is 16.2. The highest BCUT2D eigenvalue weighted by molar-refractivity contribution is 6.15. The van der Waals surface area contributed by atoms with Gasteiger partial charge in [-0.3, -0.25) is 9.59 Å². The van der Waals surface area contributed by atoms with E-state index < -0.39 is 5.92 Å². The van der Waals surface area contributed by atoms with Crippen LogP contribution in [-0.2, 0) is 9.59 Å². The second-order valence-corrected chi connectivity index (χ2v) is 6.85. The number of hydrogen-bond acceptors (Lipinski definition) is 5. The van der Waals surface area contributed by atoms with Crippen molar-refractivity contribution in [2.75, 3.05) is 11.4 Å². The van der Waals surface area contributed by atoms with Crippen molar-refractivity contribution in [3.05, 3.63) is 65.2 Å². The van der Waals surface area contributed by atoms with Gasteiger partial charge in [-0.2, -0.15) is 15.3 Å². The average Bonchev–Trinajstić information content (AvgIpc) is 3.02. The molecule has 0 bridgehead atoms. The summed E-state index contributed by atoms with van der Waals surface area (Å²) in [6, 6.07) is 15.5. The van der Waals surface area contributed by atoms with Gasteiger partial charge in [0.2, 0.25) is 11.8 Å². The van der Waals surface area contributed by atoms with E-state index in [9.17, 15) is 9.59 Å². The standard InChI is InChI=1S/C22H21N5O2/c1-2-27-20-12-16(19-10-11-21(28)26-25-19)8-9-17(20)18(22(27)29)14-24-23-13-15-6-4-3-5-7-15/h3-9,12-14,18H,2,10-11H2,1H3,(H,26,28)/b23-13+,24-14?. The van der Waals surface area contributed by atoms with Gasteiger partial charge in [-0.15, -0.1) is 0 Å². The Morgan fingerprint density at radius 2 is 1.97 bits per heavy atom. The molecule has 0 spiro atoms. The number of carbonyl (C=O) groups is 2. The molecular weight excluding hydrogens is 366 g/mol. The fourth-order valence-corrected chi connectivity index (χ4v) is 3.54. The summed E-state index contributed by atoms with van der Waals surface area (Å²) in [7, 11) is 0. The number of nitrogens with one attached hydrogen (secondary N) is 1. The Labute approximate surface area is 168 Å². The molecule has 7 nitrogen and oxygen atoms in total. The van der Waals surface area contributed by atoms with Crippen molar-refractivity contribution in [3.8, 4) is 0 Å². The summed E-state index contributed by atoms with van der Waals surface area (Å²) >= 11 is 0. The van der Waals surface area contributed by atoms with Crippen LogP contribution in [0, 0.1) is 0 Å². The normalized spacial score (nSPS) is 19.0. The van der Waals surface area contributed by atoms with Crippen molar-refractivity contribution in [1.29, 1.82) is 0 Å². The van der Waals surface area contributed by atoms with Crippen molar-refractivity contribution in [3.63, 3.8) is 0 Å². The average molecular weight is 387 g/mol. The molecule has 2 aliphatic rings. The summed E-state index contributed by atoms with van der Waals surface area (Å²) < 4.78 is 0. The Morgan fingerprint density at radius 1 is 1.14 bits per heavy atom. The van der Waals surface area contributed by atoms with E-state index >= 15 is 0 Å². The van der Waals surface area contributed by atoms with Crippen LogP contribution in [0.25, 0.3) is 0 Å². The monoisotopic (exact) mass is 387 g/mol. The first-order valence-corrected chi connectivity index (χ1v) is 9.60. The lowest BCUT2D eigenvalue weighted by molar-refractivity contribution is -0.121. The molecule has 0 radical (unpaired) electrons. The van der Waals surface area contributed by atoms with Gasteiger partial charge in [0.05, 0.1) is 11.9 Å². The summed E-state index contributed by atoms with van der Waals surface area (Å²) in [6.07, 6.45) is 4.26. The molecule has 0 aliphatic carbocycles.